The molecule has 0 bridgehead atoms. The Morgan fingerprint density at radius 2 is 2.09 bits per heavy atom. The normalized spacial score (nSPS) is 9.83. The number of ether oxygens (including phenoxy) is 2. The van der Waals surface area contributed by atoms with Crippen molar-refractivity contribution in [3.63, 3.8) is 0 Å². The summed E-state index contributed by atoms with van der Waals surface area (Å²) in [5.41, 5.74) is 1.06. The van der Waals surface area contributed by atoms with E-state index in [0.29, 0.717) is 35.1 Å². The monoisotopic (exact) mass is 313 g/mol. The highest BCUT2D eigenvalue weighted by Crippen LogP contribution is 2.29. The van der Waals surface area contributed by atoms with Crippen molar-refractivity contribution in [2.24, 2.45) is 0 Å². The Labute approximate surface area is 135 Å². The lowest BCUT2D eigenvalue weighted by molar-refractivity contribution is 0.102. The minimum Gasteiger partial charge on any atom is -0.497 e. The van der Waals surface area contributed by atoms with Crippen LogP contribution in [0.4, 0.5) is 11.5 Å². The van der Waals surface area contributed by atoms with Crippen LogP contribution in [0.3, 0.4) is 0 Å². The molecule has 120 valence electrons. The van der Waals surface area contributed by atoms with E-state index in [1.54, 1.807) is 49.7 Å². The third-order valence-electron chi connectivity index (χ3n) is 3.11. The van der Waals surface area contributed by atoms with Crippen molar-refractivity contribution in [3.05, 3.63) is 54.7 Å². The molecule has 0 atom stereocenters. The molecule has 1 aromatic carbocycles. The van der Waals surface area contributed by atoms with Crippen LogP contribution in [0, 0.1) is 0 Å². The molecule has 0 radical (unpaired) electrons. The molecule has 1 heterocycles. The summed E-state index contributed by atoms with van der Waals surface area (Å²) in [6, 6.07) is 8.51. The fourth-order valence-electron chi connectivity index (χ4n) is 1.94. The largest absolute Gasteiger partial charge is 0.497 e. The molecule has 6 heteroatoms. The van der Waals surface area contributed by atoms with Crippen LogP contribution in [-0.2, 0) is 0 Å². The smallest absolute Gasteiger partial charge is 0.255 e. The van der Waals surface area contributed by atoms with Crippen molar-refractivity contribution in [3.8, 4) is 11.5 Å². The SMILES string of the molecule is C=CCNc1cc(C(=O)Nc2ccc(OC)cc2OC)ccn1. The number of pyridine rings is 1. The molecule has 2 rings (SSSR count). The van der Waals surface area contributed by atoms with E-state index in [1.807, 2.05) is 0 Å². The van der Waals surface area contributed by atoms with E-state index < -0.39 is 0 Å². The van der Waals surface area contributed by atoms with Crippen molar-refractivity contribution in [1.82, 2.24) is 4.98 Å². The molecular weight excluding hydrogens is 294 g/mol. The topological polar surface area (TPSA) is 72.5 Å². The van der Waals surface area contributed by atoms with Gasteiger partial charge >= 0.3 is 0 Å². The number of hydrogen-bond acceptors (Lipinski definition) is 5. The number of carbonyl (C=O) groups excluding carboxylic acids is 1. The van der Waals surface area contributed by atoms with Crippen LogP contribution in [-0.4, -0.2) is 31.7 Å². The number of nitrogens with zero attached hydrogens (tertiary/aromatic N) is 1. The van der Waals surface area contributed by atoms with Gasteiger partial charge in [0.05, 0.1) is 19.9 Å². The second-order valence-electron chi connectivity index (χ2n) is 4.62. The average Bonchev–Trinajstić information content (AvgIpc) is 2.60. The van der Waals surface area contributed by atoms with Crippen molar-refractivity contribution in [2.75, 3.05) is 31.4 Å². The summed E-state index contributed by atoms with van der Waals surface area (Å²) in [6.07, 6.45) is 3.29. The highest BCUT2D eigenvalue weighted by Gasteiger charge is 2.11. The third kappa shape index (κ3) is 4.23. The zero-order valence-electron chi connectivity index (χ0n) is 13.1. The number of benzene rings is 1. The van der Waals surface area contributed by atoms with Gasteiger partial charge in [0.25, 0.3) is 5.91 Å². The molecule has 0 saturated heterocycles. The molecule has 0 aliphatic rings. The van der Waals surface area contributed by atoms with Crippen LogP contribution >= 0.6 is 0 Å². The van der Waals surface area contributed by atoms with Crippen LogP contribution < -0.4 is 20.1 Å². The Morgan fingerprint density at radius 3 is 2.78 bits per heavy atom. The predicted octanol–water partition coefficient (Wildman–Crippen LogP) is 2.95. The first kappa shape index (κ1) is 16.4. The van der Waals surface area contributed by atoms with Crippen molar-refractivity contribution >= 4 is 17.4 Å². The molecule has 0 unspecified atom stereocenters. The van der Waals surface area contributed by atoms with Crippen LogP contribution in [0.1, 0.15) is 10.4 Å². The molecule has 2 aromatic rings. The molecule has 0 aliphatic carbocycles. The maximum Gasteiger partial charge on any atom is 0.255 e. The molecule has 0 saturated carbocycles. The molecule has 0 spiro atoms. The number of carbonyl (C=O) groups is 1. The summed E-state index contributed by atoms with van der Waals surface area (Å²) >= 11 is 0. The summed E-state index contributed by atoms with van der Waals surface area (Å²) in [5, 5.41) is 5.86. The number of nitrogens with one attached hydrogen (secondary N) is 2. The van der Waals surface area contributed by atoms with E-state index in [1.165, 1.54) is 7.11 Å². The van der Waals surface area contributed by atoms with Gasteiger partial charge in [-0.3, -0.25) is 4.79 Å². The summed E-state index contributed by atoms with van der Waals surface area (Å²) in [6.45, 7) is 4.20. The highest BCUT2D eigenvalue weighted by atomic mass is 16.5. The predicted molar refractivity (Wildman–Crippen MR) is 90.4 cm³/mol. The lowest BCUT2D eigenvalue weighted by Crippen LogP contribution is -2.13. The van der Waals surface area contributed by atoms with Crippen molar-refractivity contribution in [1.29, 1.82) is 0 Å². The maximum atomic E-state index is 12.4. The zero-order chi connectivity index (χ0) is 16.7. The lowest BCUT2D eigenvalue weighted by atomic mass is 10.2. The van der Waals surface area contributed by atoms with Gasteiger partial charge in [0.15, 0.2) is 0 Å². The van der Waals surface area contributed by atoms with Crippen LogP contribution in [0.25, 0.3) is 0 Å². The standard InChI is InChI=1S/C17H19N3O3/c1-4-8-18-16-10-12(7-9-19-16)17(21)20-14-6-5-13(22-2)11-15(14)23-3/h4-7,9-11H,1,8H2,2-3H3,(H,18,19)(H,20,21). The summed E-state index contributed by atoms with van der Waals surface area (Å²) in [4.78, 5) is 16.5. The van der Waals surface area contributed by atoms with Gasteiger partial charge in [-0.05, 0) is 24.3 Å². The molecule has 6 nitrogen and oxygen atoms in total. The zero-order valence-corrected chi connectivity index (χ0v) is 13.1. The number of amides is 1. The van der Waals surface area contributed by atoms with E-state index in [4.69, 9.17) is 9.47 Å². The molecule has 23 heavy (non-hydrogen) atoms. The summed E-state index contributed by atoms with van der Waals surface area (Å²) in [5.74, 6) is 1.54. The van der Waals surface area contributed by atoms with Gasteiger partial charge in [-0.15, -0.1) is 6.58 Å². The summed E-state index contributed by atoms with van der Waals surface area (Å²) in [7, 11) is 3.11. The Balaban J connectivity index is 2.17. The minimum absolute atomic E-state index is 0.252. The van der Waals surface area contributed by atoms with Crippen LogP contribution in [0.15, 0.2) is 49.2 Å². The minimum atomic E-state index is -0.252. The van der Waals surface area contributed by atoms with Gasteiger partial charge in [0.1, 0.15) is 17.3 Å². The summed E-state index contributed by atoms with van der Waals surface area (Å²) < 4.78 is 10.4. The molecule has 0 fully saturated rings. The highest BCUT2D eigenvalue weighted by molar-refractivity contribution is 6.05. The Bertz CT molecular complexity index is 701. The average molecular weight is 313 g/mol. The van der Waals surface area contributed by atoms with Gasteiger partial charge < -0.3 is 20.1 Å². The fraction of sp³-hybridized carbons (Fsp3) is 0.176. The molecular formula is C17H19N3O3. The van der Waals surface area contributed by atoms with E-state index in [0.717, 1.165) is 0 Å². The van der Waals surface area contributed by atoms with Gasteiger partial charge in [-0.25, -0.2) is 4.98 Å². The molecule has 1 amide bonds. The van der Waals surface area contributed by atoms with Gasteiger partial charge in [0.2, 0.25) is 0 Å². The number of anilines is 2. The molecule has 0 aliphatic heterocycles. The number of aromatic nitrogens is 1. The number of rotatable bonds is 7. The van der Waals surface area contributed by atoms with Crippen LogP contribution in [0.2, 0.25) is 0 Å². The van der Waals surface area contributed by atoms with E-state index >= 15 is 0 Å². The van der Waals surface area contributed by atoms with Crippen LogP contribution in [0.5, 0.6) is 11.5 Å². The second kappa shape index (κ2) is 7.84. The van der Waals surface area contributed by atoms with E-state index in [-0.39, 0.29) is 5.91 Å². The van der Waals surface area contributed by atoms with Crippen molar-refractivity contribution in [2.45, 2.75) is 0 Å². The van der Waals surface area contributed by atoms with Gasteiger partial charge in [-0.1, -0.05) is 6.08 Å². The number of methoxy groups -OCH3 is 2. The molecule has 2 N–H and O–H groups in total. The lowest BCUT2D eigenvalue weighted by Gasteiger charge is -2.12. The molecule has 1 aromatic heterocycles. The Hall–Kier alpha value is -3.02. The maximum absolute atomic E-state index is 12.4. The quantitative estimate of drug-likeness (QED) is 0.769. The Kier molecular flexibility index (Phi) is 5.57. The third-order valence-corrected chi connectivity index (χ3v) is 3.11. The second-order valence-corrected chi connectivity index (χ2v) is 4.62. The van der Waals surface area contributed by atoms with E-state index in [2.05, 4.69) is 22.2 Å². The fourth-order valence-corrected chi connectivity index (χ4v) is 1.94. The van der Waals surface area contributed by atoms with Crippen molar-refractivity contribution < 1.29 is 14.3 Å². The first-order valence-corrected chi connectivity index (χ1v) is 7.02. The first-order chi connectivity index (χ1) is 11.2. The van der Waals surface area contributed by atoms with Gasteiger partial charge in [-0.2, -0.15) is 0 Å². The Morgan fingerprint density at radius 1 is 1.26 bits per heavy atom. The number of hydrogen-bond donors (Lipinski definition) is 2. The first-order valence-electron chi connectivity index (χ1n) is 7.02. The van der Waals surface area contributed by atoms with Gasteiger partial charge in [0, 0.05) is 24.4 Å². The van der Waals surface area contributed by atoms with E-state index in [9.17, 15) is 4.79 Å².